The van der Waals surface area contributed by atoms with Crippen LogP contribution in [0.3, 0.4) is 0 Å². The third kappa shape index (κ3) is 5.84. The van der Waals surface area contributed by atoms with Gasteiger partial charge in [-0.05, 0) is 88.0 Å². The van der Waals surface area contributed by atoms with Crippen LogP contribution in [0.25, 0.3) is 0 Å². The number of aliphatic hydroxyl groups excluding tert-OH is 1. The van der Waals surface area contributed by atoms with Crippen molar-refractivity contribution in [2.75, 3.05) is 13.2 Å². The van der Waals surface area contributed by atoms with Gasteiger partial charge in [-0.3, -0.25) is 0 Å². The van der Waals surface area contributed by atoms with Gasteiger partial charge in [-0.2, -0.15) is 0 Å². The standard InChI is InChI=1S/C21H34O2/c1-3-5-17-6-7-18(14-17)8-9-19-15-20(10-12-22)21(16-19)11-13-23-4-2/h3,5,8-9,11,13,17-22H,4,6-7,10,12,14-16H2,1-2H3/b5-3+,9-8-,13-11+. The lowest BCUT2D eigenvalue weighted by atomic mass is 9.93. The molecule has 2 heteroatoms. The van der Waals surface area contributed by atoms with Crippen LogP contribution in [0, 0.1) is 29.6 Å². The van der Waals surface area contributed by atoms with Gasteiger partial charge in [0.15, 0.2) is 0 Å². The minimum Gasteiger partial charge on any atom is -0.502 e. The Morgan fingerprint density at radius 3 is 2.39 bits per heavy atom. The maximum absolute atomic E-state index is 9.30. The Balaban J connectivity index is 1.84. The van der Waals surface area contributed by atoms with E-state index in [1.54, 1.807) is 0 Å². The van der Waals surface area contributed by atoms with Crippen LogP contribution in [0.1, 0.15) is 52.4 Å². The van der Waals surface area contributed by atoms with Gasteiger partial charge in [0.1, 0.15) is 0 Å². The molecule has 0 amide bonds. The lowest BCUT2D eigenvalue weighted by Crippen LogP contribution is -2.07. The predicted octanol–water partition coefficient (Wildman–Crippen LogP) is 5.11. The Hall–Kier alpha value is -1.02. The Morgan fingerprint density at radius 1 is 0.957 bits per heavy atom. The van der Waals surface area contributed by atoms with E-state index in [2.05, 4.69) is 37.3 Å². The van der Waals surface area contributed by atoms with Gasteiger partial charge in [-0.25, -0.2) is 0 Å². The molecule has 0 aromatic heterocycles. The van der Waals surface area contributed by atoms with Crippen LogP contribution < -0.4 is 0 Å². The lowest BCUT2D eigenvalue weighted by molar-refractivity contribution is 0.240. The average Bonchev–Trinajstić information content (AvgIpc) is 3.14. The molecule has 23 heavy (non-hydrogen) atoms. The van der Waals surface area contributed by atoms with Gasteiger partial charge in [-0.15, -0.1) is 0 Å². The van der Waals surface area contributed by atoms with Gasteiger partial charge < -0.3 is 9.84 Å². The van der Waals surface area contributed by atoms with Crippen LogP contribution in [-0.2, 0) is 4.74 Å². The first-order valence-electron chi connectivity index (χ1n) is 9.47. The van der Waals surface area contributed by atoms with Crippen LogP contribution in [0.2, 0.25) is 0 Å². The van der Waals surface area contributed by atoms with E-state index < -0.39 is 0 Å². The van der Waals surface area contributed by atoms with Gasteiger partial charge in [-0.1, -0.05) is 24.3 Å². The Morgan fingerprint density at radius 2 is 1.70 bits per heavy atom. The van der Waals surface area contributed by atoms with Crippen LogP contribution >= 0.6 is 0 Å². The van der Waals surface area contributed by atoms with Gasteiger partial charge >= 0.3 is 0 Å². The van der Waals surface area contributed by atoms with Crippen molar-refractivity contribution in [1.29, 1.82) is 0 Å². The van der Waals surface area contributed by atoms with Crippen molar-refractivity contribution in [3.63, 3.8) is 0 Å². The summed E-state index contributed by atoms with van der Waals surface area (Å²) in [6, 6.07) is 0. The second-order valence-electron chi connectivity index (χ2n) is 7.20. The number of rotatable bonds is 8. The maximum atomic E-state index is 9.30. The molecule has 2 aliphatic rings. The third-order valence-corrected chi connectivity index (χ3v) is 5.51. The molecule has 0 radical (unpaired) electrons. The van der Waals surface area contributed by atoms with Crippen molar-refractivity contribution < 1.29 is 9.84 Å². The fourth-order valence-corrected chi connectivity index (χ4v) is 4.33. The van der Waals surface area contributed by atoms with E-state index in [0.29, 0.717) is 24.4 Å². The molecule has 5 unspecified atom stereocenters. The van der Waals surface area contributed by atoms with E-state index in [0.717, 1.165) is 24.9 Å². The Labute approximate surface area is 142 Å². The minimum absolute atomic E-state index is 0.299. The fraction of sp³-hybridized carbons (Fsp3) is 0.714. The number of ether oxygens (including phenoxy) is 1. The maximum Gasteiger partial charge on any atom is 0.0845 e. The van der Waals surface area contributed by atoms with Crippen molar-refractivity contribution >= 4 is 0 Å². The molecule has 2 fully saturated rings. The summed E-state index contributed by atoms with van der Waals surface area (Å²) in [6.07, 6.45) is 20.9. The van der Waals surface area contributed by atoms with Gasteiger partial charge in [0, 0.05) is 6.61 Å². The summed E-state index contributed by atoms with van der Waals surface area (Å²) in [5.41, 5.74) is 0. The molecule has 0 aromatic carbocycles. The van der Waals surface area contributed by atoms with E-state index in [1.165, 1.54) is 32.1 Å². The number of aliphatic hydroxyl groups is 1. The summed E-state index contributed by atoms with van der Waals surface area (Å²) >= 11 is 0. The molecule has 0 saturated heterocycles. The minimum atomic E-state index is 0.299. The fourth-order valence-electron chi connectivity index (χ4n) is 4.33. The molecule has 0 spiro atoms. The molecule has 2 rings (SSSR count). The summed E-state index contributed by atoms with van der Waals surface area (Å²) in [5, 5.41) is 9.30. The molecule has 0 bridgehead atoms. The molecule has 130 valence electrons. The Kier molecular flexibility index (Phi) is 7.94. The van der Waals surface area contributed by atoms with Crippen LogP contribution in [0.4, 0.5) is 0 Å². The molecule has 2 nitrogen and oxygen atoms in total. The SMILES string of the molecule is C/C=C/C1CCC(/C=C\C2CC(/C=C/OCC)C(CCO)C2)C1. The molecule has 2 aliphatic carbocycles. The van der Waals surface area contributed by atoms with Crippen LogP contribution in [-0.4, -0.2) is 18.3 Å². The smallest absolute Gasteiger partial charge is 0.0845 e. The topological polar surface area (TPSA) is 29.5 Å². The molecular weight excluding hydrogens is 284 g/mol. The third-order valence-electron chi connectivity index (χ3n) is 5.51. The predicted molar refractivity (Wildman–Crippen MR) is 97.0 cm³/mol. The van der Waals surface area contributed by atoms with Crippen LogP contribution in [0.15, 0.2) is 36.6 Å². The van der Waals surface area contributed by atoms with Gasteiger partial charge in [0.2, 0.25) is 0 Å². The first-order chi connectivity index (χ1) is 11.3. The molecule has 0 heterocycles. The van der Waals surface area contributed by atoms with Gasteiger partial charge in [0.25, 0.3) is 0 Å². The molecule has 0 aliphatic heterocycles. The second-order valence-corrected chi connectivity index (χ2v) is 7.20. The van der Waals surface area contributed by atoms with Crippen molar-refractivity contribution in [1.82, 2.24) is 0 Å². The number of allylic oxidation sites excluding steroid dienone is 5. The normalized spacial score (nSPS) is 35.2. The zero-order chi connectivity index (χ0) is 16.5. The molecule has 1 N–H and O–H groups in total. The quantitative estimate of drug-likeness (QED) is 0.498. The van der Waals surface area contributed by atoms with E-state index in [9.17, 15) is 5.11 Å². The van der Waals surface area contributed by atoms with Crippen molar-refractivity contribution in [2.24, 2.45) is 29.6 Å². The number of hydrogen-bond donors (Lipinski definition) is 1. The lowest BCUT2D eigenvalue weighted by Gasteiger charge is -2.13. The van der Waals surface area contributed by atoms with E-state index in [4.69, 9.17) is 4.74 Å². The molecule has 0 aromatic rings. The zero-order valence-electron chi connectivity index (χ0n) is 14.9. The van der Waals surface area contributed by atoms with E-state index in [1.807, 2.05) is 13.2 Å². The summed E-state index contributed by atoms with van der Waals surface area (Å²) in [4.78, 5) is 0. The van der Waals surface area contributed by atoms with Gasteiger partial charge in [0.05, 0.1) is 12.9 Å². The summed E-state index contributed by atoms with van der Waals surface area (Å²) in [5.74, 6) is 3.39. The first-order valence-corrected chi connectivity index (χ1v) is 9.47. The average molecular weight is 319 g/mol. The monoisotopic (exact) mass is 318 g/mol. The highest BCUT2D eigenvalue weighted by Crippen LogP contribution is 2.41. The Bertz CT molecular complexity index is 410. The van der Waals surface area contributed by atoms with E-state index in [-0.39, 0.29) is 0 Å². The van der Waals surface area contributed by atoms with Crippen molar-refractivity contribution in [3.8, 4) is 0 Å². The molecular formula is C21H34O2. The van der Waals surface area contributed by atoms with E-state index >= 15 is 0 Å². The summed E-state index contributed by atoms with van der Waals surface area (Å²) < 4.78 is 5.37. The molecule has 5 atom stereocenters. The van der Waals surface area contributed by atoms with Crippen LogP contribution in [0.5, 0.6) is 0 Å². The van der Waals surface area contributed by atoms with Crippen molar-refractivity contribution in [2.45, 2.75) is 52.4 Å². The highest BCUT2D eigenvalue weighted by molar-refractivity contribution is 5.04. The largest absolute Gasteiger partial charge is 0.502 e. The second kappa shape index (κ2) is 9.97. The number of hydrogen-bond acceptors (Lipinski definition) is 2. The first kappa shape index (κ1) is 18.3. The zero-order valence-corrected chi connectivity index (χ0v) is 14.9. The van der Waals surface area contributed by atoms with Crippen molar-refractivity contribution in [3.05, 3.63) is 36.6 Å². The summed E-state index contributed by atoms with van der Waals surface area (Å²) in [7, 11) is 0. The highest BCUT2D eigenvalue weighted by atomic mass is 16.5. The molecule has 2 saturated carbocycles. The summed E-state index contributed by atoms with van der Waals surface area (Å²) in [6.45, 7) is 5.16. The highest BCUT2D eigenvalue weighted by Gasteiger charge is 2.31.